The van der Waals surface area contributed by atoms with Crippen molar-refractivity contribution in [2.75, 3.05) is 6.61 Å². The molecule has 2 saturated heterocycles. The summed E-state index contributed by atoms with van der Waals surface area (Å²) in [4.78, 5) is 14.5. The molecule has 0 amide bonds. The lowest BCUT2D eigenvalue weighted by Crippen LogP contribution is -2.34. The van der Waals surface area contributed by atoms with E-state index < -0.39 is 30.3 Å². The van der Waals surface area contributed by atoms with Gasteiger partial charge in [-0.2, -0.15) is 0 Å². The zero-order valence-corrected chi connectivity index (χ0v) is 11.9. The van der Waals surface area contributed by atoms with Crippen molar-refractivity contribution < 1.29 is 19.3 Å². The van der Waals surface area contributed by atoms with Crippen LogP contribution in [0.5, 0.6) is 0 Å². The van der Waals surface area contributed by atoms with Crippen LogP contribution >= 0.6 is 12.2 Å². The van der Waals surface area contributed by atoms with E-state index in [1.165, 1.54) is 4.57 Å². The molecule has 1 aromatic rings. The van der Waals surface area contributed by atoms with Gasteiger partial charge < -0.3 is 19.3 Å². The molecule has 7 nitrogen and oxygen atoms in total. The molecule has 0 spiro atoms. The topological polar surface area (TPSA) is 85.7 Å². The van der Waals surface area contributed by atoms with Gasteiger partial charge in [0.1, 0.15) is 23.0 Å². The molecule has 2 N–H and O–H groups in total. The van der Waals surface area contributed by atoms with Gasteiger partial charge in [-0.05, 0) is 19.9 Å². The summed E-state index contributed by atoms with van der Waals surface area (Å²) in [5.41, 5.74) is -0.381. The van der Waals surface area contributed by atoms with Crippen LogP contribution in [0.2, 0.25) is 0 Å². The summed E-state index contributed by atoms with van der Waals surface area (Å²) >= 11 is 4.90. The van der Waals surface area contributed by atoms with Crippen LogP contribution in [0.25, 0.3) is 0 Å². The van der Waals surface area contributed by atoms with E-state index in [1.54, 1.807) is 26.1 Å². The zero-order valence-electron chi connectivity index (χ0n) is 11.1. The molecular formula is C12H16N2O5S. The Hall–Kier alpha value is -1.06. The maximum absolute atomic E-state index is 12.0. The number of hydrogen-bond acceptors (Lipinski definition) is 6. The maximum atomic E-state index is 12.0. The molecule has 2 aliphatic heterocycles. The highest BCUT2D eigenvalue weighted by atomic mass is 32.1. The Morgan fingerprint density at radius 1 is 1.45 bits per heavy atom. The van der Waals surface area contributed by atoms with E-state index in [2.05, 4.69) is 4.98 Å². The summed E-state index contributed by atoms with van der Waals surface area (Å²) in [5.74, 6) is -0.768. The first-order valence-corrected chi connectivity index (χ1v) is 6.75. The summed E-state index contributed by atoms with van der Waals surface area (Å²) < 4.78 is 18.9. The third-order valence-corrected chi connectivity index (χ3v) is 3.67. The molecule has 110 valence electrons. The average molecular weight is 300 g/mol. The van der Waals surface area contributed by atoms with Crippen molar-refractivity contribution in [3.05, 3.63) is 27.4 Å². The van der Waals surface area contributed by atoms with Gasteiger partial charge in [-0.1, -0.05) is 12.2 Å². The Morgan fingerprint density at radius 3 is 2.80 bits per heavy atom. The van der Waals surface area contributed by atoms with Gasteiger partial charge >= 0.3 is 5.69 Å². The Morgan fingerprint density at radius 2 is 2.15 bits per heavy atom. The number of H-pyrrole nitrogens is 1. The number of aromatic nitrogens is 2. The van der Waals surface area contributed by atoms with Gasteiger partial charge in [-0.25, -0.2) is 4.79 Å². The second kappa shape index (κ2) is 4.74. The molecule has 0 bridgehead atoms. The Bertz CT molecular complexity index is 625. The molecule has 0 unspecified atom stereocenters. The van der Waals surface area contributed by atoms with Crippen LogP contribution in [-0.2, 0) is 14.2 Å². The number of hydrogen-bond donors (Lipinski definition) is 2. The summed E-state index contributed by atoms with van der Waals surface area (Å²) in [6.07, 6.45) is -0.489. The Labute approximate surface area is 120 Å². The summed E-state index contributed by atoms with van der Waals surface area (Å²) in [7, 11) is 0. The van der Waals surface area contributed by atoms with Crippen molar-refractivity contribution in [2.24, 2.45) is 0 Å². The van der Waals surface area contributed by atoms with Crippen molar-refractivity contribution in [1.82, 2.24) is 9.55 Å². The van der Waals surface area contributed by atoms with Crippen LogP contribution in [0, 0.1) is 4.64 Å². The molecule has 3 heterocycles. The smallest absolute Gasteiger partial charge is 0.328 e. The zero-order chi connectivity index (χ0) is 14.5. The predicted molar refractivity (Wildman–Crippen MR) is 70.7 cm³/mol. The Balaban J connectivity index is 1.98. The fourth-order valence-corrected chi connectivity index (χ4v) is 2.81. The van der Waals surface area contributed by atoms with Crippen LogP contribution in [0.1, 0.15) is 20.1 Å². The molecule has 0 aromatic carbocycles. The van der Waals surface area contributed by atoms with Crippen LogP contribution in [0.15, 0.2) is 17.1 Å². The quantitative estimate of drug-likeness (QED) is 0.765. The second-order valence-electron chi connectivity index (χ2n) is 5.33. The highest BCUT2D eigenvalue weighted by Crippen LogP contribution is 2.42. The molecule has 2 aliphatic rings. The van der Waals surface area contributed by atoms with Crippen LogP contribution in [0.4, 0.5) is 0 Å². The van der Waals surface area contributed by atoms with E-state index in [0.717, 1.165) is 0 Å². The van der Waals surface area contributed by atoms with Gasteiger partial charge in [0.25, 0.3) is 0 Å². The monoisotopic (exact) mass is 300 g/mol. The van der Waals surface area contributed by atoms with E-state index in [0.29, 0.717) is 4.64 Å². The van der Waals surface area contributed by atoms with Gasteiger partial charge in [0.15, 0.2) is 12.0 Å². The number of rotatable bonds is 2. The fourth-order valence-electron chi connectivity index (χ4n) is 2.66. The lowest BCUT2D eigenvalue weighted by atomic mass is 10.1. The minimum Gasteiger partial charge on any atom is -0.394 e. The van der Waals surface area contributed by atoms with Gasteiger partial charge in [0.2, 0.25) is 0 Å². The second-order valence-corrected chi connectivity index (χ2v) is 5.77. The number of nitrogens with one attached hydrogen (secondary N) is 1. The molecule has 0 saturated carbocycles. The highest BCUT2D eigenvalue weighted by molar-refractivity contribution is 7.71. The number of ether oxygens (including phenoxy) is 3. The van der Waals surface area contributed by atoms with Crippen molar-refractivity contribution in [1.29, 1.82) is 0 Å². The maximum Gasteiger partial charge on any atom is 0.328 e. The normalized spacial score (nSPS) is 35.1. The number of nitrogens with zero attached hydrogens (tertiary/aromatic N) is 1. The lowest BCUT2D eigenvalue weighted by Gasteiger charge is -2.24. The minimum absolute atomic E-state index is 0.200. The fraction of sp³-hybridized carbons (Fsp3) is 0.667. The molecule has 8 heteroatoms. The Kier molecular flexibility index (Phi) is 3.30. The van der Waals surface area contributed by atoms with Gasteiger partial charge in [0, 0.05) is 6.20 Å². The van der Waals surface area contributed by atoms with Crippen molar-refractivity contribution in [3.8, 4) is 0 Å². The van der Waals surface area contributed by atoms with E-state index in [4.69, 9.17) is 26.4 Å². The third kappa shape index (κ3) is 2.23. The summed E-state index contributed by atoms with van der Waals surface area (Å²) in [6.45, 7) is 3.38. The molecule has 4 atom stereocenters. The van der Waals surface area contributed by atoms with E-state index in [1.807, 2.05) is 0 Å². The first-order valence-electron chi connectivity index (χ1n) is 6.35. The van der Waals surface area contributed by atoms with Crippen LogP contribution < -0.4 is 5.69 Å². The number of aliphatic hydroxyl groups excluding tert-OH is 1. The first kappa shape index (κ1) is 13.9. The molecule has 3 rings (SSSR count). The number of fused-ring (bicyclic) bond motifs is 1. The molecule has 2 fully saturated rings. The molecular weight excluding hydrogens is 284 g/mol. The molecule has 20 heavy (non-hydrogen) atoms. The minimum atomic E-state index is -0.768. The standard InChI is InChI=1S/C12H16N2O5S/c1-12(2)18-8-6(5-15)17-10(9(8)19-12)14-4-3-7(20)13-11(14)16/h3-4,6,8-10,15H,5H2,1-2H3,(H,13,16,20)/t6-,8-,9-,10-/m1/s1. The predicted octanol–water partition coefficient (Wildman–Crippen LogP) is 0.316. The largest absolute Gasteiger partial charge is 0.394 e. The molecule has 0 radical (unpaired) electrons. The number of aromatic amines is 1. The van der Waals surface area contributed by atoms with E-state index >= 15 is 0 Å². The van der Waals surface area contributed by atoms with Gasteiger partial charge in [-0.3, -0.25) is 9.55 Å². The van der Waals surface area contributed by atoms with Gasteiger partial charge in [-0.15, -0.1) is 0 Å². The van der Waals surface area contributed by atoms with Crippen molar-refractivity contribution in [3.63, 3.8) is 0 Å². The van der Waals surface area contributed by atoms with Crippen molar-refractivity contribution in [2.45, 2.75) is 44.2 Å². The average Bonchev–Trinajstić information content (AvgIpc) is 2.83. The van der Waals surface area contributed by atoms with E-state index in [9.17, 15) is 9.90 Å². The van der Waals surface area contributed by atoms with E-state index in [-0.39, 0.29) is 12.3 Å². The van der Waals surface area contributed by atoms with Crippen molar-refractivity contribution >= 4 is 12.2 Å². The number of aliphatic hydroxyl groups is 1. The highest BCUT2D eigenvalue weighted by Gasteiger charge is 2.55. The van der Waals surface area contributed by atoms with Gasteiger partial charge in [0.05, 0.1) is 6.61 Å². The molecule has 0 aliphatic carbocycles. The van der Waals surface area contributed by atoms with Crippen LogP contribution in [0.3, 0.4) is 0 Å². The summed E-state index contributed by atoms with van der Waals surface area (Å²) in [6, 6.07) is 1.60. The SMILES string of the molecule is CC1(C)O[C@@H]2[C@H](O1)[C@@H](CO)O[C@H]2n1ccc(=S)[nH]c1=O. The summed E-state index contributed by atoms with van der Waals surface area (Å²) in [5, 5.41) is 9.39. The van der Waals surface area contributed by atoms with Crippen LogP contribution in [-0.4, -0.2) is 45.4 Å². The third-order valence-electron chi connectivity index (χ3n) is 3.43. The first-order chi connectivity index (χ1) is 9.41. The molecule has 1 aromatic heterocycles. The lowest BCUT2D eigenvalue weighted by molar-refractivity contribution is -0.200.